The van der Waals surface area contributed by atoms with Crippen LogP contribution < -0.4 is 20.1 Å². The number of carbonyl (C=O) groups excluding carboxylic acids is 1. The molecule has 0 fully saturated rings. The summed E-state index contributed by atoms with van der Waals surface area (Å²) in [5.41, 5.74) is 1.12. The Morgan fingerprint density at radius 1 is 1.18 bits per heavy atom. The maximum absolute atomic E-state index is 11.8. The molecule has 0 saturated heterocycles. The smallest absolute Gasteiger partial charge is 0.224 e. The number of amides is 1. The van der Waals surface area contributed by atoms with Gasteiger partial charge in [-0.05, 0) is 45.0 Å². The third kappa shape index (κ3) is 5.93. The third-order valence-corrected chi connectivity index (χ3v) is 3.28. The molecule has 1 unspecified atom stereocenters. The largest absolute Gasteiger partial charge is 0.490 e. The second kappa shape index (κ2) is 10.1. The summed E-state index contributed by atoms with van der Waals surface area (Å²) in [6.07, 6.45) is 0.768. The second-order valence-electron chi connectivity index (χ2n) is 5.15. The summed E-state index contributed by atoms with van der Waals surface area (Å²) in [6.45, 7) is 8.32. The Bertz CT molecular complexity index is 463. The fourth-order valence-electron chi connectivity index (χ4n) is 2.15. The maximum atomic E-state index is 11.8. The fourth-order valence-corrected chi connectivity index (χ4v) is 2.15. The van der Waals surface area contributed by atoms with E-state index in [0.29, 0.717) is 26.3 Å². The molecule has 0 radical (unpaired) electrons. The van der Waals surface area contributed by atoms with Crippen molar-refractivity contribution in [3.8, 4) is 11.5 Å². The van der Waals surface area contributed by atoms with Crippen LogP contribution in [0.3, 0.4) is 0 Å². The quantitative estimate of drug-likeness (QED) is 0.694. The van der Waals surface area contributed by atoms with Gasteiger partial charge < -0.3 is 20.1 Å². The zero-order valence-corrected chi connectivity index (χ0v) is 14.1. The molecule has 1 amide bonds. The van der Waals surface area contributed by atoms with Crippen LogP contribution in [0.25, 0.3) is 0 Å². The summed E-state index contributed by atoms with van der Waals surface area (Å²) in [7, 11) is 1.85. The van der Waals surface area contributed by atoms with Crippen molar-refractivity contribution in [1.82, 2.24) is 10.6 Å². The van der Waals surface area contributed by atoms with Crippen molar-refractivity contribution < 1.29 is 14.3 Å². The third-order valence-electron chi connectivity index (χ3n) is 3.28. The molecular formula is C17H28N2O3. The van der Waals surface area contributed by atoms with Crippen LogP contribution in [0.2, 0.25) is 0 Å². The van der Waals surface area contributed by atoms with Gasteiger partial charge in [0, 0.05) is 19.0 Å². The lowest BCUT2D eigenvalue weighted by Gasteiger charge is -2.14. The molecule has 0 aliphatic rings. The summed E-state index contributed by atoms with van der Waals surface area (Å²) in [4.78, 5) is 11.8. The van der Waals surface area contributed by atoms with Crippen LogP contribution in [0.5, 0.6) is 11.5 Å². The Morgan fingerprint density at radius 3 is 2.50 bits per heavy atom. The number of nitrogens with one attached hydrogen (secondary N) is 2. The van der Waals surface area contributed by atoms with E-state index in [1.54, 1.807) is 0 Å². The topological polar surface area (TPSA) is 59.6 Å². The van der Waals surface area contributed by atoms with Gasteiger partial charge in [0.1, 0.15) is 0 Å². The number of rotatable bonds is 10. The van der Waals surface area contributed by atoms with Crippen LogP contribution in [0.1, 0.15) is 26.3 Å². The standard InChI is InChI=1S/C17H28N2O3/c1-5-21-15-8-7-14(11-16(15)22-6-2)9-10-19-17(20)13(3)12-18-4/h7-8,11,13,18H,5-6,9-10,12H2,1-4H3,(H,19,20). The lowest BCUT2D eigenvalue weighted by molar-refractivity contribution is -0.124. The van der Waals surface area contributed by atoms with E-state index in [1.807, 2.05) is 46.0 Å². The van der Waals surface area contributed by atoms with Gasteiger partial charge in [-0.25, -0.2) is 0 Å². The number of carbonyl (C=O) groups is 1. The molecular weight excluding hydrogens is 280 g/mol. The predicted octanol–water partition coefficient (Wildman–Crippen LogP) is 2.00. The zero-order chi connectivity index (χ0) is 16.4. The first-order valence-electron chi connectivity index (χ1n) is 7.93. The van der Waals surface area contributed by atoms with Crippen LogP contribution >= 0.6 is 0 Å². The summed E-state index contributed by atoms with van der Waals surface area (Å²) >= 11 is 0. The minimum atomic E-state index is -0.0238. The Labute approximate surface area is 133 Å². The van der Waals surface area contributed by atoms with E-state index >= 15 is 0 Å². The van der Waals surface area contributed by atoms with Crippen LogP contribution in [0, 0.1) is 5.92 Å². The van der Waals surface area contributed by atoms with Crippen molar-refractivity contribution in [2.75, 3.05) is 33.4 Å². The van der Waals surface area contributed by atoms with E-state index in [-0.39, 0.29) is 11.8 Å². The molecule has 2 N–H and O–H groups in total. The Morgan fingerprint density at radius 2 is 1.86 bits per heavy atom. The minimum absolute atomic E-state index is 0.0238. The number of hydrogen-bond acceptors (Lipinski definition) is 4. The van der Waals surface area contributed by atoms with Crippen molar-refractivity contribution >= 4 is 5.91 Å². The van der Waals surface area contributed by atoms with Gasteiger partial charge in [0.15, 0.2) is 11.5 Å². The molecule has 1 aromatic rings. The van der Waals surface area contributed by atoms with Crippen LogP contribution in [0.4, 0.5) is 0 Å². The van der Waals surface area contributed by atoms with Crippen LogP contribution in [-0.2, 0) is 11.2 Å². The fraction of sp³-hybridized carbons (Fsp3) is 0.588. The molecule has 124 valence electrons. The van der Waals surface area contributed by atoms with Crippen molar-refractivity contribution in [3.05, 3.63) is 23.8 Å². The maximum Gasteiger partial charge on any atom is 0.224 e. The minimum Gasteiger partial charge on any atom is -0.490 e. The van der Waals surface area contributed by atoms with Gasteiger partial charge in [-0.1, -0.05) is 13.0 Å². The molecule has 0 bridgehead atoms. The first-order valence-corrected chi connectivity index (χ1v) is 7.93. The molecule has 0 aromatic heterocycles. The summed E-state index contributed by atoms with van der Waals surface area (Å²) in [5, 5.41) is 5.96. The molecule has 1 rings (SSSR count). The lowest BCUT2D eigenvalue weighted by Crippen LogP contribution is -2.35. The summed E-state index contributed by atoms with van der Waals surface area (Å²) in [5.74, 6) is 1.58. The molecule has 0 aliphatic carbocycles. The highest BCUT2D eigenvalue weighted by Gasteiger charge is 2.11. The van der Waals surface area contributed by atoms with E-state index in [9.17, 15) is 4.79 Å². The van der Waals surface area contributed by atoms with E-state index in [0.717, 1.165) is 23.5 Å². The summed E-state index contributed by atoms with van der Waals surface area (Å²) < 4.78 is 11.2. The van der Waals surface area contributed by atoms with Gasteiger partial charge in [0.05, 0.1) is 13.2 Å². The molecule has 0 saturated carbocycles. The van der Waals surface area contributed by atoms with Crippen molar-refractivity contribution in [3.63, 3.8) is 0 Å². The highest BCUT2D eigenvalue weighted by atomic mass is 16.5. The van der Waals surface area contributed by atoms with Gasteiger partial charge in [0.2, 0.25) is 5.91 Å². The highest BCUT2D eigenvalue weighted by Crippen LogP contribution is 2.28. The van der Waals surface area contributed by atoms with E-state index in [4.69, 9.17) is 9.47 Å². The number of hydrogen-bond donors (Lipinski definition) is 2. The molecule has 0 aliphatic heterocycles. The average Bonchev–Trinajstić information content (AvgIpc) is 2.50. The first-order chi connectivity index (χ1) is 10.6. The monoisotopic (exact) mass is 308 g/mol. The van der Waals surface area contributed by atoms with Gasteiger partial charge >= 0.3 is 0 Å². The van der Waals surface area contributed by atoms with Crippen molar-refractivity contribution in [2.45, 2.75) is 27.2 Å². The SMILES string of the molecule is CCOc1ccc(CCNC(=O)C(C)CNC)cc1OCC. The molecule has 0 spiro atoms. The Hall–Kier alpha value is -1.75. The molecule has 5 nitrogen and oxygen atoms in total. The highest BCUT2D eigenvalue weighted by molar-refractivity contribution is 5.78. The van der Waals surface area contributed by atoms with E-state index in [1.165, 1.54) is 0 Å². The van der Waals surface area contributed by atoms with Crippen molar-refractivity contribution in [1.29, 1.82) is 0 Å². The second-order valence-corrected chi connectivity index (χ2v) is 5.15. The van der Waals surface area contributed by atoms with Gasteiger partial charge in [-0.3, -0.25) is 4.79 Å². The van der Waals surface area contributed by atoms with Crippen molar-refractivity contribution in [2.24, 2.45) is 5.92 Å². The van der Waals surface area contributed by atoms with Crippen LogP contribution in [-0.4, -0.2) is 39.3 Å². The van der Waals surface area contributed by atoms with E-state index < -0.39 is 0 Å². The lowest BCUT2D eigenvalue weighted by atomic mass is 10.1. The number of benzene rings is 1. The first kappa shape index (κ1) is 18.3. The molecule has 1 atom stereocenters. The Balaban J connectivity index is 2.55. The van der Waals surface area contributed by atoms with Crippen LogP contribution in [0.15, 0.2) is 18.2 Å². The zero-order valence-electron chi connectivity index (χ0n) is 14.1. The van der Waals surface area contributed by atoms with Gasteiger partial charge in [0.25, 0.3) is 0 Å². The van der Waals surface area contributed by atoms with Gasteiger partial charge in [-0.15, -0.1) is 0 Å². The molecule has 5 heteroatoms. The average molecular weight is 308 g/mol. The molecule has 0 heterocycles. The Kier molecular flexibility index (Phi) is 8.36. The number of ether oxygens (including phenoxy) is 2. The molecule has 22 heavy (non-hydrogen) atoms. The molecule has 1 aromatic carbocycles. The van der Waals surface area contributed by atoms with Gasteiger partial charge in [-0.2, -0.15) is 0 Å². The van der Waals surface area contributed by atoms with E-state index in [2.05, 4.69) is 10.6 Å². The normalized spacial score (nSPS) is 11.8. The predicted molar refractivity (Wildman–Crippen MR) is 88.6 cm³/mol. The summed E-state index contributed by atoms with van der Waals surface area (Å²) in [6, 6.07) is 5.92.